The molecule has 0 saturated carbocycles. The van der Waals surface area contributed by atoms with Crippen molar-refractivity contribution in [2.75, 3.05) is 6.61 Å². The molecule has 3 heterocycles. The van der Waals surface area contributed by atoms with Crippen LogP contribution in [-0.2, 0) is 29.1 Å². The van der Waals surface area contributed by atoms with E-state index in [9.17, 15) is 8.78 Å². The molecule has 166 valence electrons. The van der Waals surface area contributed by atoms with Crippen LogP contribution in [0.5, 0.6) is 0 Å². The van der Waals surface area contributed by atoms with Gasteiger partial charge in [0.05, 0.1) is 18.0 Å². The summed E-state index contributed by atoms with van der Waals surface area (Å²) in [4.78, 5) is 6.78. The third kappa shape index (κ3) is 4.10. The van der Waals surface area contributed by atoms with Gasteiger partial charge in [-0.1, -0.05) is 0 Å². The first-order valence-corrected chi connectivity index (χ1v) is 10.2. The van der Waals surface area contributed by atoms with E-state index >= 15 is 0 Å². The summed E-state index contributed by atoms with van der Waals surface area (Å²) in [6.07, 6.45) is -0.108. The Labute approximate surface area is 179 Å². The maximum absolute atomic E-state index is 14.2. The minimum atomic E-state index is -0.687. The zero-order valence-electron chi connectivity index (χ0n) is 17.5. The first-order chi connectivity index (χ1) is 14.8. The highest BCUT2D eigenvalue weighted by Crippen LogP contribution is 2.34. The van der Waals surface area contributed by atoms with Gasteiger partial charge in [0.1, 0.15) is 17.7 Å². The molecule has 10 heteroatoms. The van der Waals surface area contributed by atoms with Gasteiger partial charge in [0.15, 0.2) is 11.7 Å². The summed E-state index contributed by atoms with van der Waals surface area (Å²) >= 11 is 0. The average Bonchev–Trinajstić information content (AvgIpc) is 3.27. The van der Waals surface area contributed by atoms with E-state index in [0.717, 1.165) is 29.6 Å². The molecule has 8 nitrogen and oxygen atoms in total. The quantitative estimate of drug-likeness (QED) is 0.508. The van der Waals surface area contributed by atoms with Crippen molar-refractivity contribution < 1.29 is 18.3 Å². The Hall–Kier alpha value is -2.69. The van der Waals surface area contributed by atoms with Crippen molar-refractivity contribution in [3.8, 4) is 0 Å². The highest BCUT2D eigenvalue weighted by molar-refractivity contribution is 5.96. The number of nitrogens with two attached hydrogens (primary N) is 1. The van der Waals surface area contributed by atoms with Gasteiger partial charge in [-0.15, -0.1) is 0 Å². The zero-order valence-corrected chi connectivity index (χ0v) is 17.5. The van der Waals surface area contributed by atoms with E-state index < -0.39 is 23.8 Å². The lowest BCUT2D eigenvalue weighted by Gasteiger charge is -2.38. The largest absolute Gasteiger partial charge is 0.422 e. The molecule has 2 unspecified atom stereocenters. The molecule has 0 bridgehead atoms. The molecule has 2 aliphatic heterocycles. The van der Waals surface area contributed by atoms with E-state index in [4.69, 9.17) is 26.0 Å². The molecule has 1 aromatic carbocycles. The normalized spacial score (nSPS) is 23.6. The predicted octanol–water partition coefficient (Wildman–Crippen LogP) is 2.69. The molecule has 3 atom stereocenters. The Morgan fingerprint density at radius 2 is 2.10 bits per heavy atom. The Morgan fingerprint density at radius 3 is 2.77 bits per heavy atom. The lowest BCUT2D eigenvalue weighted by molar-refractivity contribution is -0.0535. The molecule has 0 spiro atoms. The molecule has 31 heavy (non-hydrogen) atoms. The van der Waals surface area contributed by atoms with Crippen molar-refractivity contribution >= 4 is 11.8 Å². The third-order valence-electron chi connectivity index (χ3n) is 5.82. The molecule has 2 aromatic rings. The van der Waals surface area contributed by atoms with Crippen molar-refractivity contribution in [3.05, 3.63) is 52.6 Å². The van der Waals surface area contributed by atoms with E-state index in [1.54, 1.807) is 0 Å². The summed E-state index contributed by atoms with van der Waals surface area (Å²) in [5.74, 6) is -0.826. The van der Waals surface area contributed by atoms with Crippen LogP contribution in [-0.4, -0.2) is 44.9 Å². The van der Waals surface area contributed by atoms with Crippen molar-refractivity contribution in [1.29, 1.82) is 10.8 Å². The number of nitrogens with zero attached hydrogens (tertiary/aromatic N) is 3. The second-order valence-corrected chi connectivity index (χ2v) is 7.94. The Kier molecular flexibility index (Phi) is 5.87. The maximum atomic E-state index is 14.2. The molecule has 2 aliphatic rings. The van der Waals surface area contributed by atoms with Gasteiger partial charge in [-0.3, -0.25) is 15.7 Å². The van der Waals surface area contributed by atoms with Gasteiger partial charge in [0, 0.05) is 44.2 Å². The molecule has 1 saturated heterocycles. The predicted molar refractivity (Wildman–Crippen MR) is 110 cm³/mol. The van der Waals surface area contributed by atoms with Gasteiger partial charge in [-0.25, -0.2) is 13.8 Å². The summed E-state index contributed by atoms with van der Waals surface area (Å²) in [5.41, 5.74) is 8.32. The molecule has 1 aromatic heterocycles. The van der Waals surface area contributed by atoms with Gasteiger partial charge >= 0.3 is 0 Å². The lowest BCUT2D eigenvalue weighted by atomic mass is 9.93. The third-order valence-corrected chi connectivity index (χ3v) is 5.82. The number of ether oxygens (including phenoxy) is 2. The fourth-order valence-corrected chi connectivity index (χ4v) is 4.40. The summed E-state index contributed by atoms with van der Waals surface area (Å²) in [6.45, 7) is 5.60. The standard InChI is InChI=1S/C21H26F2N6O2/c1-3-29-18-9-28(8-17(18)27-21(29)20(26)31-11(2)24)13-7-16(25)19(30-10-13)14-6-12(22)4-5-15(14)23/h4-6,13,16,19,24,26H,3,7-10,25H2,1-2H3/t13?,16?,19-/m1/s1. The number of hydrogen-bond donors (Lipinski definition) is 3. The molecular weight excluding hydrogens is 406 g/mol. The fraction of sp³-hybridized carbons (Fsp3) is 0.476. The highest BCUT2D eigenvalue weighted by atomic mass is 19.1. The van der Waals surface area contributed by atoms with E-state index in [1.807, 2.05) is 11.5 Å². The van der Waals surface area contributed by atoms with Gasteiger partial charge < -0.3 is 19.8 Å². The second-order valence-electron chi connectivity index (χ2n) is 7.94. The SMILES string of the molecule is CCn1c(C(=N)OC(C)=N)nc2c1CN(C1CO[C@H](c3cc(F)ccc3F)C(N)C1)C2. The molecule has 4 N–H and O–H groups in total. The van der Waals surface area contributed by atoms with Crippen LogP contribution >= 0.6 is 0 Å². The van der Waals surface area contributed by atoms with E-state index in [1.165, 1.54) is 6.92 Å². The van der Waals surface area contributed by atoms with Crippen LogP contribution in [0.4, 0.5) is 8.78 Å². The van der Waals surface area contributed by atoms with Crippen LogP contribution in [0.2, 0.25) is 0 Å². The van der Waals surface area contributed by atoms with Gasteiger partial charge in [-0.05, 0) is 31.5 Å². The first-order valence-electron chi connectivity index (χ1n) is 10.2. The molecule has 0 aliphatic carbocycles. The number of benzene rings is 1. The van der Waals surface area contributed by atoms with Crippen molar-refractivity contribution in [1.82, 2.24) is 14.5 Å². The summed E-state index contributed by atoms with van der Waals surface area (Å²) in [7, 11) is 0. The molecular formula is C21H26F2N6O2. The molecule has 1 fully saturated rings. The monoisotopic (exact) mass is 432 g/mol. The van der Waals surface area contributed by atoms with E-state index in [2.05, 4.69) is 9.88 Å². The van der Waals surface area contributed by atoms with Crippen LogP contribution in [0.15, 0.2) is 18.2 Å². The lowest BCUT2D eigenvalue weighted by Crippen LogP contribution is -2.48. The molecule has 0 amide bonds. The smallest absolute Gasteiger partial charge is 0.257 e. The number of hydrogen-bond acceptors (Lipinski definition) is 7. The van der Waals surface area contributed by atoms with Gasteiger partial charge in [0.25, 0.3) is 5.90 Å². The summed E-state index contributed by atoms with van der Waals surface area (Å²) in [5, 5.41) is 15.5. The number of imidazole rings is 1. The first kappa shape index (κ1) is 21.5. The molecule has 0 radical (unpaired) electrons. The fourth-order valence-electron chi connectivity index (χ4n) is 4.40. The number of rotatable bonds is 4. The Balaban J connectivity index is 1.46. The minimum absolute atomic E-state index is 0.0188. The van der Waals surface area contributed by atoms with Crippen LogP contribution in [0.3, 0.4) is 0 Å². The van der Waals surface area contributed by atoms with Crippen molar-refractivity contribution in [2.24, 2.45) is 5.73 Å². The van der Waals surface area contributed by atoms with Crippen LogP contribution < -0.4 is 5.73 Å². The van der Waals surface area contributed by atoms with Crippen molar-refractivity contribution in [3.63, 3.8) is 0 Å². The second kappa shape index (κ2) is 8.45. The van der Waals surface area contributed by atoms with Crippen LogP contribution in [0.1, 0.15) is 49.1 Å². The summed E-state index contributed by atoms with van der Waals surface area (Å²) < 4.78 is 40.7. The van der Waals surface area contributed by atoms with Crippen LogP contribution in [0.25, 0.3) is 0 Å². The number of aromatic nitrogens is 2. The number of halogens is 2. The Bertz CT molecular complexity index is 1020. The van der Waals surface area contributed by atoms with Gasteiger partial charge in [0.2, 0.25) is 0 Å². The summed E-state index contributed by atoms with van der Waals surface area (Å²) in [6, 6.07) is 2.87. The topological polar surface area (TPSA) is 113 Å². The molecule has 4 rings (SSSR count). The zero-order chi connectivity index (χ0) is 22.3. The van der Waals surface area contributed by atoms with E-state index in [-0.39, 0.29) is 23.4 Å². The van der Waals surface area contributed by atoms with Gasteiger partial charge in [-0.2, -0.15) is 0 Å². The van der Waals surface area contributed by atoms with E-state index in [0.29, 0.717) is 38.5 Å². The average molecular weight is 432 g/mol. The maximum Gasteiger partial charge on any atom is 0.257 e. The minimum Gasteiger partial charge on any atom is -0.422 e. The van der Waals surface area contributed by atoms with Crippen LogP contribution in [0, 0.1) is 22.5 Å². The number of nitrogens with one attached hydrogen (secondary N) is 2. The van der Waals surface area contributed by atoms with Crippen molar-refractivity contribution in [2.45, 2.75) is 58.1 Å². The number of fused-ring (bicyclic) bond motifs is 1. The highest BCUT2D eigenvalue weighted by Gasteiger charge is 2.38. The Morgan fingerprint density at radius 1 is 1.32 bits per heavy atom.